The Bertz CT molecular complexity index is 974. The van der Waals surface area contributed by atoms with E-state index in [0.717, 1.165) is 27.8 Å². The van der Waals surface area contributed by atoms with Gasteiger partial charge in [-0.2, -0.15) is 0 Å². The molecule has 2 aromatic carbocycles. The SMILES string of the molecule is O=C(CCN1C(=O)SC(=CC=Cc2ccccc2)C1=O)N[C@@H](CO)Cc1ccccc1. The summed E-state index contributed by atoms with van der Waals surface area (Å²) in [5.41, 5.74) is 1.99. The predicted molar refractivity (Wildman–Crippen MR) is 122 cm³/mol. The first kappa shape index (κ1) is 22.5. The molecule has 7 heteroatoms. The average molecular weight is 437 g/mol. The number of aliphatic hydroxyl groups excluding tert-OH is 1. The first-order chi connectivity index (χ1) is 15.1. The van der Waals surface area contributed by atoms with Crippen LogP contribution in [0.1, 0.15) is 17.5 Å². The van der Waals surface area contributed by atoms with Gasteiger partial charge in [-0.1, -0.05) is 72.8 Å². The molecular weight excluding hydrogens is 412 g/mol. The normalized spacial score (nSPS) is 16.3. The van der Waals surface area contributed by atoms with Gasteiger partial charge in [0, 0.05) is 13.0 Å². The Morgan fingerprint density at radius 3 is 2.42 bits per heavy atom. The maximum absolute atomic E-state index is 12.5. The highest BCUT2D eigenvalue weighted by Gasteiger charge is 2.34. The summed E-state index contributed by atoms with van der Waals surface area (Å²) in [6.45, 7) is -0.196. The number of nitrogens with one attached hydrogen (secondary N) is 1. The van der Waals surface area contributed by atoms with Crippen LogP contribution in [0.25, 0.3) is 6.08 Å². The summed E-state index contributed by atoms with van der Waals surface area (Å²) in [5, 5.41) is 11.9. The quantitative estimate of drug-likeness (QED) is 0.589. The fourth-order valence-corrected chi connectivity index (χ4v) is 3.91. The first-order valence-corrected chi connectivity index (χ1v) is 10.8. The number of carbonyl (C=O) groups is 3. The van der Waals surface area contributed by atoms with Crippen molar-refractivity contribution in [2.75, 3.05) is 13.2 Å². The molecule has 3 amide bonds. The van der Waals surface area contributed by atoms with Crippen molar-refractivity contribution in [3.63, 3.8) is 0 Å². The lowest BCUT2D eigenvalue weighted by Crippen LogP contribution is -2.41. The van der Waals surface area contributed by atoms with Crippen LogP contribution in [0.2, 0.25) is 0 Å². The molecule has 2 N–H and O–H groups in total. The van der Waals surface area contributed by atoms with Gasteiger partial charge in [-0.3, -0.25) is 19.3 Å². The molecule has 0 radical (unpaired) electrons. The van der Waals surface area contributed by atoms with Gasteiger partial charge in [0.1, 0.15) is 0 Å². The Labute approximate surface area is 185 Å². The minimum atomic E-state index is -0.423. The zero-order valence-electron chi connectivity index (χ0n) is 16.9. The fraction of sp³-hybridized carbons (Fsp3) is 0.208. The van der Waals surface area contributed by atoms with Crippen molar-refractivity contribution < 1.29 is 19.5 Å². The maximum Gasteiger partial charge on any atom is 0.293 e. The van der Waals surface area contributed by atoms with E-state index in [1.807, 2.05) is 66.7 Å². The molecule has 1 aliphatic rings. The molecule has 2 aromatic rings. The monoisotopic (exact) mass is 436 g/mol. The standard InChI is InChI=1S/C24H24N2O4S/c27-17-20(16-19-10-5-2-6-11-19)25-22(28)14-15-26-23(29)21(31-24(26)30)13-7-12-18-8-3-1-4-9-18/h1-13,20,27H,14-17H2,(H,25,28)/t20-/m1/s1. The summed E-state index contributed by atoms with van der Waals surface area (Å²) in [7, 11) is 0. The third-order valence-electron chi connectivity index (χ3n) is 4.68. The van der Waals surface area contributed by atoms with Crippen LogP contribution in [-0.4, -0.2) is 46.3 Å². The second-order valence-corrected chi connectivity index (χ2v) is 8.01. The third-order valence-corrected chi connectivity index (χ3v) is 5.61. The summed E-state index contributed by atoms with van der Waals surface area (Å²) in [6, 6.07) is 18.7. The van der Waals surface area contributed by atoms with Crippen LogP contribution in [0.15, 0.2) is 77.7 Å². The van der Waals surface area contributed by atoms with E-state index in [1.54, 1.807) is 12.2 Å². The molecule has 1 aliphatic heterocycles. The highest BCUT2D eigenvalue weighted by Crippen LogP contribution is 2.30. The van der Waals surface area contributed by atoms with Crippen LogP contribution in [-0.2, 0) is 16.0 Å². The maximum atomic E-state index is 12.5. The molecule has 0 unspecified atom stereocenters. The Hall–Kier alpha value is -3.16. The highest BCUT2D eigenvalue weighted by atomic mass is 32.2. The molecule has 160 valence electrons. The summed E-state index contributed by atoms with van der Waals surface area (Å²) in [4.78, 5) is 38.4. The van der Waals surface area contributed by atoms with Crippen LogP contribution >= 0.6 is 11.8 Å². The van der Waals surface area contributed by atoms with E-state index in [4.69, 9.17) is 0 Å². The van der Waals surface area contributed by atoms with Gasteiger partial charge in [0.2, 0.25) is 5.91 Å². The molecular formula is C24H24N2O4S. The van der Waals surface area contributed by atoms with Crippen molar-refractivity contribution in [2.24, 2.45) is 0 Å². The van der Waals surface area contributed by atoms with Gasteiger partial charge in [0.25, 0.3) is 11.1 Å². The van der Waals surface area contributed by atoms with E-state index in [2.05, 4.69) is 5.32 Å². The molecule has 0 aromatic heterocycles. The molecule has 31 heavy (non-hydrogen) atoms. The Morgan fingerprint density at radius 1 is 1.06 bits per heavy atom. The van der Waals surface area contributed by atoms with Gasteiger partial charge in [-0.25, -0.2) is 0 Å². The number of benzene rings is 2. The molecule has 1 heterocycles. The number of carbonyl (C=O) groups excluding carboxylic acids is 3. The van der Waals surface area contributed by atoms with E-state index < -0.39 is 11.9 Å². The number of thioether (sulfide) groups is 1. The number of amides is 3. The van der Waals surface area contributed by atoms with Gasteiger partial charge in [-0.15, -0.1) is 0 Å². The molecule has 0 spiro atoms. The first-order valence-electron chi connectivity index (χ1n) is 9.98. The van der Waals surface area contributed by atoms with Crippen LogP contribution < -0.4 is 5.32 Å². The lowest BCUT2D eigenvalue weighted by Gasteiger charge is -2.18. The lowest BCUT2D eigenvalue weighted by atomic mass is 10.1. The molecule has 1 saturated heterocycles. The topological polar surface area (TPSA) is 86.7 Å². The second kappa shape index (κ2) is 11.3. The van der Waals surface area contributed by atoms with E-state index in [0.29, 0.717) is 11.3 Å². The number of rotatable bonds is 9. The van der Waals surface area contributed by atoms with Crippen LogP contribution in [0, 0.1) is 0 Å². The van der Waals surface area contributed by atoms with Gasteiger partial charge >= 0.3 is 0 Å². The zero-order chi connectivity index (χ0) is 22.1. The van der Waals surface area contributed by atoms with Gasteiger partial charge in [-0.05, 0) is 35.4 Å². The van der Waals surface area contributed by atoms with Crippen molar-refractivity contribution in [3.8, 4) is 0 Å². The average Bonchev–Trinajstić information content (AvgIpc) is 3.05. The molecule has 0 bridgehead atoms. The summed E-state index contributed by atoms with van der Waals surface area (Å²) in [6.07, 6.45) is 5.68. The molecule has 1 fully saturated rings. The van der Waals surface area contributed by atoms with E-state index in [1.165, 1.54) is 0 Å². The lowest BCUT2D eigenvalue weighted by molar-refractivity contribution is -0.124. The van der Waals surface area contributed by atoms with E-state index in [9.17, 15) is 19.5 Å². The number of imide groups is 1. The number of nitrogens with zero attached hydrogens (tertiary/aromatic N) is 1. The van der Waals surface area contributed by atoms with Crippen LogP contribution in [0.3, 0.4) is 0 Å². The van der Waals surface area contributed by atoms with Crippen LogP contribution in [0.5, 0.6) is 0 Å². The van der Waals surface area contributed by atoms with Crippen molar-refractivity contribution in [1.82, 2.24) is 10.2 Å². The van der Waals surface area contributed by atoms with E-state index >= 15 is 0 Å². The molecule has 0 saturated carbocycles. The molecule has 0 aliphatic carbocycles. The Kier molecular flexibility index (Phi) is 8.20. The van der Waals surface area contributed by atoms with Gasteiger partial charge in [0.05, 0.1) is 17.6 Å². The largest absolute Gasteiger partial charge is 0.394 e. The van der Waals surface area contributed by atoms with Crippen molar-refractivity contribution in [3.05, 3.63) is 88.8 Å². The molecule has 6 nitrogen and oxygen atoms in total. The van der Waals surface area contributed by atoms with Crippen LogP contribution in [0.4, 0.5) is 4.79 Å². The summed E-state index contributed by atoms with van der Waals surface area (Å²) >= 11 is 0.864. The number of hydrogen-bond donors (Lipinski definition) is 2. The highest BCUT2D eigenvalue weighted by molar-refractivity contribution is 8.18. The number of hydrogen-bond acceptors (Lipinski definition) is 5. The van der Waals surface area contributed by atoms with Crippen molar-refractivity contribution in [2.45, 2.75) is 18.9 Å². The number of aliphatic hydroxyl groups is 1. The predicted octanol–water partition coefficient (Wildman–Crippen LogP) is 3.39. The van der Waals surface area contributed by atoms with Crippen molar-refractivity contribution in [1.29, 1.82) is 0 Å². The number of allylic oxidation sites excluding steroid dienone is 2. The van der Waals surface area contributed by atoms with Gasteiger partial charge in [0.15, 0.2) is 0 Å². The smallest absolute Gasteiger partial charge is 0.293 e. The van der Waals surface area contributed by atoms with Gasteiger partial charge < -0.3 is 10.4 Å². The summed E-state index contributed by atoms with van der Waals surface area (Å²) < 4.78 is 0. The third kappa shape index (κ3) is 6.67. The van der Waals surface area contributed by atoms with Crippen molar-refractivity contribution >= 4 is 34.9 Å². The zero-order valence-corrected chi connectivity index (χ0v) is 17.8. The second-order valence-electron chi connectivity index (χ2n) is 7.01. The molecule has 3 rings (SSSR count). The van der Waals surface area contributed by atoms with E-state index in [-0.39, 0.29) is 30.7 Å². The Balaban J connectivity index is 1.50. The fourth-order valence-electron chi connectivity index (χ4n) is 3.09. The minimum absolute atomic E-state index is 0.000273. The Morgan fingerprint density at radius 2 is 1.74 bits per heavy atom. The molecule has 1 atom stereocenters. The minimum Gasteiger partial charge on any atom is -0.394 e. The summed E-state index contributed by atoms with van der Waals surface area (Å²) in [5.74, 6) is -0.717.